The molecule has 2 rings (SSSR count). The Morgan fingerprint density at radius 1 is 1.25 bits per heavy atom. The Kier molecular flexibility index (Phi) is 9.63. The summed E-state index contributed by atoms with van der Waals surface area (Å²) in [5, 5.41) is 9.77. The molecule has 6 heteroatoms. The van der Waals surface area contributed by atoms with E-state index in [1.165, 1.54) is 11.1 Å². The summed E-state index contributed by atoms with van der Waals surface area (Å²) in [6, 6.07) is 8.56. The van der Waals surface area contributed by atoms with Gasteiger partial charge in [-0.2, -0.15) is 0 Å². The van der Waals surface area contributed by atoms with Gasteiger partial charge in [-0.1, -0.05) is 0 Å². The van der Waals surface area contributed by atoms with Crippen molar-refractivity contribution >= 4 is 10.1 Å². The minimum absolute atomic E-state index is 0. The van der Waals surface area contributed by atoms with Gasteiger partial charge in [0.2, 0.25) is 0 Å². The van der Waals surface area contributed by atoms with Crippen LogP contribution in [0.15, 0.2) is 30.3 Å². The molecule has 1 aliphatic rings. The maximum atomic E-state index is 9.77. The van der Waals surface area contributed by atoms with E-state index in [0.29, 0.717) is 4.22 Å². The quantitative estimate of drug-likeness (QED) is 0.526. The Labute approximate surface area is 161 Å². The third kappa shape index (κ3) is 5.01. The van der Waals surface area contributed by atoms with E-state index in [9.17, 15) is 5.11 Å². The summed E-state index contributed by atoms with van der Waals surface area (Å²) >= 11 is -2.88. The molecule has 24 heavy (non-hydrogen) atoms. The van der Waals surface area contributed by atoms with Crippen LogP contribution in [-0.4, -0.2) is 28.4 Å². The molecule has 2 atom stereocenters. The summed E-state index contributed by atoms with van der Waals surface area (Å²) in [6.45, 7) is 8.85. The molecule has 1 aromatic carbocycles. The minimum atomic E-state index is -2.88. The van der Waals surface area contributed by atoms with Crippen LogP contribution < -0.4 is 28.6 Å². The van der Waals surface area contributed by atoms with Gasteiger partial charge in [-0.3, -0.25) is 0 Å². The molecule has 0 saturated carbocycles. The summed E-state index contributed by atoms with van der Waals surface area (Å²) in [6.07, 6.45) is 4.52. The zero-order valence-electron chi connectivity index (χ0n) is 15.1. The second kappa shape index (κ2) is 9.63. The first-order valence-corrected chi connectivity index (χ1v) is 11.5. The van der Waals surface area contributed by atoms with Gasteiger partial charge in [-0.15, -0.1) is 0 Å². The van der Waals surface area contributed by atoms with Gasteiger partial charge in [0.25, 0.3) is 0 Å². The number of allylic oxidation sites excluding steroid dienone is 1. The van der Waals surface area contributed by atoms with Crippen LogP contribution in [0.2, 0.25) is 4.73 Å². The van der Waals surface area contributed by atoms with Crippen LogP contribution in [-0.2, 0) is 21.1 Å². The Morgan fingerprint density at radius 2 is 1.88 bits per heavy atom. The molecule has 0 aromatic heterocycles. The van der Waals surface area contributed by atoms with E-state index in [2.05, 4.69) is 67.9 Å². The van der Waals surface area contributed by atoms with Crippen molar-refractivity contribution in [1.82, 2.24) is 3.80 Å². The van der Waals surface area contributed by atoms with Crippen LogP contribution in [0.5, 0.6) is 0 Å². The molecule has 0 spiro atoms. The Bertz CT molecular complexity index is 624. The van der Waals surface area contributed by atoms with E-state index in [-0.39, 0.29) is 37.0 Å². The third-order valence-corrected chi connectivity index (χ3v) is 12.5. The van der Waals surface area contributed by atoms with Crippen molar-refractivity contribution in [2.75, 3.05) is 13.7 Å². The Balaban J connectivity index is 0.00000264. The normalized spacial score (nSPS) is 16.8. The monoisotopic (exact) mass is 408 g/mol. The number of fused-ring (bicyclic) bond motifs is 1. The predicted molar refractivity (Wildman–Crippen MR) is 90.7 cm³/mol. The van der Waals surface area contributed by atoms with E-state index >= 15 is 0 Å². The first kappa shape index (κ1) is 24.0. The number of benzene rings is 1. The van der Waals surface area contributed by atoms with Crippen LogP contribution >= 0.6 is 0 Å². The first-order chi connectivity index (χ1) is 10.3. The molecule has 0 saturated heterocycles. The number of nitrogens with one attached hydrogen (secondary N) is 1. The van der Waals surface area contributed by atoms with Gasteiger partial charge >= 0.3 is 137 Å². The van der Waals surface area contributed by atoms with Crippen molar-refractivity contribution in [1.29, 1.82) is 0 Å². The molecule has 0 aliphatic heterocycles. The minimum Gasteiger partial charge on any atom is -1.00 e. The number of ether oxygens (including phenoxy) is 1. The number of aliphatic hydroxyl groups excluding tert-OH is 1. The van der Waals surface area contributed by atoms with E-state index in [0.717, 1.165) is 8.72 Å². The van der Waals surface area contributed by atoms with Crippen molar-refractivity contribution in [3.05, 3.63) is 41.5 Å². The summed E-state index contributed by atoms with van der Waals surface area (Å²) in [7, 11) is 1.75. The molecule has 0 heterocycles. The predicted octanol–water partition coefficient (Wildman–Crippen LogP) is -2.57. The van der Waals surface area contributed by atoms with Gasteiger partial charge < -0.3 is 24.8 Å². The third-order valence-electron chi connectivity index (χ3n) is 4.37. The molecular weight excluding hydrogens is 381 g/mol. The van der Waals surface area contributed by atoms with Gasteiger partial charge in [0.15, 0.2) is 0 Å². The number of hydrogen-bond donors (Lipinski definition) is 2. The van der Waals surface area contributed by atoms with Crippen LogP contribution in [0.4, 0.5) is 0 Å². The average molecular weight is 409 g/mol. The number of aliphatic hydroxyl groups is 1. The summed E-state index contributed by atoms with van der Waals surface area (Å²) < 4.78 is 11.9. The molecular formula is C18H28Cl2NO2Ti. The van der Waals surface area contributed by atoms with E-state index < -0.39 is 16.4 Å². The molecule has 2 N–H and O–H groups in total. The summed E-state index contributed by atoms with van der Waals surface area (Å²) in [5.41, 5.74) is 2.64. The number of halogens is 2. The topological polar surface area (TPSA) is 41.5 Å². The van der Waals surface area contributed by atoms with Gasteiger partial charge in [0.1, 0.15) is 0 Å². The van der Waals surface area contributed by atoms with Crippen LogP contribution in [0.25, 0.3) is 6.08 Å². The molecule has 1 aromatic rings. The maximum Gasteiger partial charge on any atom is -1.00 e. The van der Waals surface area contributed by atoms with Crippen molar-refractivity contribution in [2.45, 2.75) is 42.2 Å². The van der Waals surface area contributed by atoms with Gasteiger partial charge in [0.05, 0.1) is 0 Å². The van der Waals surface area contributed by atoms with E-state index in [1.807, 2.05) is 0 Å². The Hall–Kier alpha value is 0.00429. The fourth-order valence-electron chi connectivity index (χ4n) is 3.49. The van der Waals surface area contributed by atoms with Crippen LogP contribution in [0.1, 0.15) is 43.0 Å². The molecule has 0 fully saturated rings. The zero-order chi connectivity index (χ0) is 16.4. The number of hydrogen-bond acceptors (Lipinski definition) is 3. The molecule has 0 radical (unpaired) electrons. The molecule has 135 valence electrons. The van der Waals surface area contributed by atoms with Crippen molar-refractivity contribution in [3.63, 3.8) is 0 Å². The van der Waals surface area contributed by atoms with Crippen LogP contribution in [0.3, 0.4) is 0 Å². The van der Waals surface area contributed by atoms with Gasteiger partial charge in [-0.05, 0) is 0 Å². The van der Waals surface area contributed by atoms with E-state index in [4.69, 9.17) is 4.74 Å². The molecule has 0 bridgehead atoms. The molecule has 3 nitrogen and oxygen atoms in total. The van der Waals surface area contributed by atoms with Gasteiger partial charge in [-0.25, -0.2) is 0 Å². The first-order valence-electron chi connectivity index (χ1n) is 7.89. The van der Waals surface area contributed by atoms with Gasteiger partial charge in [0, 0.05) is 0 Å². The van der Waals surface area contributed by atoms with Crippen LogP contribution in [0, 0.1) is 0 Å². The second-order valence-corrected chi connectivity index (χ2v) is 13.3. The van der Waals surface area contributed by atoms with E-state index in [1.54, 1.807) is 7.11 Å². The smallest absolute Gasteiger partial charge is 1.00 e. The maximum absolute atomic E-state index is 9.77. The number of methoxy groups -OCH3 is 1. The number of rotatable bonds is 5. The molecule has 1 aliphatic carbocycles. The summed E-state index contributed by atoms with van der Waals surface area (Å²) in [4.78, 5) is 0. The zero-order valence-corrected chi connectivity index (χ0v) is 18.1. The molecule has 2 unspecified atom stereocenters. The Morgan fingerprint density at radius 3 is 2.42 bits per heavy atom. The summed E-state index contributed by atoms with van der Waals surface area (Å²) in [5.74, 6) is 0. The largest absolute Gasteiger partial charge is 1.00 e. The molecule has 0 amide bonds. The SMILES string of the molecule is CO[C](C)=[Ti+2]([CH2]CO)([NH]C(C)(C)C)[CH]1C=Cc2ccccc21.[Cl-].[Cl-]. The second-order valence-electron chi connectivity index (χ2n) is 7.05. The fourth-order valence-corrected chi connectivity index (χ4v) is 11.0. The fraction of sp³-hybridized carbons (Fsp3) is 0.500. The van der Waals surface area contributed by atoms with Crippen molar-refractivity contribution in [2.24, 2.45) is 0 Å². The average Bonchev–Trinajstić information content (AvgIpc) is 2.88. The standard InChI is InChI=1S/C9H7.C4H10N.C3H6O.C2H5O.2ClH.Ti/c1-2-5-9-7-3-6-8(9)4-1;1-4(2,3)5;1-3-4-2;1-2-3;;;/h1-7H;5H,1-3H3;1-2H3;3H,1-2H2;2*1H;/q;-1;;;;;+3/p-2. The van der Waals surface area contributed by atoms with Crippen molar-refractivity contribution in [3.8, 4) is 0 Å². The van der Waals surface area contributed by atoms with Crippen molar-refractivity contribution < 1.29 is 51.0 Å².